The third-order valence-corrected chi connectivity index (χ3v) is 4.01. The van der Waals surface area contributed by atoms with E-state index in [9.17, 15) is 4.79 Å². The van der Waals surface area contributed by atoms with Gasteiger partial charge >= 0.3 is 0 Å². The molecule has 1 aromatic heterocycles. The lowest BCUT2D eigenvalue weighted by Crippen LogP contribution is -2.28. The number of hydrogen-bond acceptors (Lipinski definition) is 2. The van der Waals surface area contributed by atoms with E-state index in [-0.39, 0.29) is 17.0 Å². The minimum atomic E-state index is -0.230. The Kier molecular flexibility index (Phi) is 4.25. The second-order valence-corrected chi connectivity index (χ2v) is 5.32. The Hall–Kier alpha value is -1.35. The maximum absolute atomic E-state index is 12.6. The van der Waals surface area contributed by atoms with Crippen LogP contribution in [0.3, 0.4) is 0 Å². The zero-order valence-electron chi connectivity index (χ0n) is 11.6. The van der Waals surface area contributed by atoms with Gasteiger partial charge in [-0.2, -0.15) is 0 Å². The first kappa shape index (κ1) is 14.1. The molecule has 19 heavy (non-hydrogen) atoms. The van der Waals surface area contributed by atoms with E-state index < -0.39 is 0 Å². The zero-order valence-corrected chi connectivity index (χ0v) is 12.3. The van der Waals surface area contributed by atoms with Crippen LogP contribution in [0, 0.1) is 0 Å². The number of benzene rings is 1. The van der Waals surface area contributed by atoms with Gasteiger partial charge in [-0.25, -0.2) is 4.98 Å². The van der Waals surface area contributed by atoms with Crippen LogP contribution in [0.5, 0.6) is 0 Å². The fraction of sp³-hybridized carbons (Fsp3) is 0.467. The number of hydrogen-bond donors (Lipinski definition) is 0. The van der Waals surface area contributed by atoms with Crippen molar-refractivity contribution in [2.45, 2.75) is 45.0 Å². The summed E-state index contributed by atoms with van der Waals surface area (Å²) in [6, 6.07) is 7.54. The van der Waals surface area contributed by atoms with Gasteiger partial charge in [0, 0.05) is 6.04 Å². The average Bonchev–Trinajstić information content (AvgIpc) is 2.45. The van der Waals surface area contributed by atoms with Gasteiger partial charge < -0.3 is 0 Å². The van der Waals surface area contributed by atoms with Gasteiger partial charge in [0.25, 0.3) is 5.56 Å². The minimum Gasteiger partial charge on any atom is -0.292 e. The van der Waals surface area contributed by atoms with Crippen LogP contribution in [-0.4, -0.2) is 9.55 Å². The lowest BCUT2D eigenvalue weighted by atomic mass is 10.2. The molecule has 2 atom stereocenters. The topological polar surface area (TPSA) is 34.9 Å². The van der Waals surface area contributed by atoms with Crippen molar-refractivity contribution in [3.05, 3.63) is 40.4 Å². The second kappa shape index (κ2) is 5.74. The third kappa shape index (κ3) is 2.52. The summed E-state index contributed by atoms with van der Waals surface area (Å²) in [6.45, 7) is 6.09. The Morgan fingerprint density at radius 3 is 2.58 bits per heavy atom. The third-order valence-electron chi connectivity index (χ3n) is 3.51. The van der Waals surface area contributed by atoms with Crippen LogP contribution in [0.15, 0.2) is 29.1 Å². The number of nitrogens with zero attached hydrogens (tertiary/aromatic N) is 2. The van der Waals surface area contributed by atoms with Crippen LogP contribution in [0.2, 0.25) is 0 Å². The first-order chi connectivity index (χ1) is 9.10. The lowest BCUT2D eigenvalue weighted by Gasteiger charge is -2.20. The van der Waals surface area contributed by atoms with Crippen LogP contribution in [0.4, 0.5) is 0 Å². The summed E-state index contributed by atoms with van der Waals surface area (Å²) in [7, 11) is 0. The molecule has 0 aliphatic heterocycles. The van der Waals surface area contributed by atoms with E-state index in [4.69, 9.17) is 11.6 Å². The van der Waals surface area contributed by atoms with Crippen LogP contribution in [0.1, 0.15) is 50.9 Å². The molecule has 0 amide bonds. The average molecular weight is 279 g/mol. The maximum atomic E-state index is 12.6. The second-order valence-electron chi connectivity index (χ2n) is 4.80. The monoisotopic (exact) mass is 278 g/mol. The van der Waals surface area contributed by atoms with E-state index in [0.29, 0.717) is 11.2 Å². The highest BCUT2D eigenvalue weighted by molar-refractivity contribution is 6.20. The van der Waals surface area contributed by atoms with Gasteiger partial charge in [0.2, 0.25) is 0 Å². The lowest BCUT2D eigenvalue weighted by molar-refractivity contribution is 0.482. The summed E-state index contributed by atoms with van der Waals surface area (Å²) in [6.07, 6.45) is 1.63. The highest BCUT2D eigenvalue weighted by Gasteiger charge is 2.19. The molecule has 3 nitrogen and oxygen atoms in total. The largest absolute Gasteiger partial charge is 0.292 e. The van der Waals surface area contributed by atoms with Crippen LogP contribution >= 0.6 is 11.6 Å². The molecule has 2 aromatic rings. The van der Waals surface area contributed by atoms with E-state index in [1.54, 1.807) is 4.57 Å². The molecule has 0 bridgehead atoms. The van der Waals surface area contributed by atoms with Crippen LogP contribution < -0.4 is 5.56 Å². The van der Waals surface area contributed by atoms with Crippen molar-refractivity contribution in [3.63, 3.8) is 0 Å². The van der Waals surface area contributed by atoms with E-state index in [2.05, 4.69) is 11.9 Å². The van der Waals surface area contributed by atoms with Gasteiger partial charge in [-0.15, -0.1) is 11.6 Å². The van der Waals surface area contributed by atoms with Crippen molar-refractivity contribution in [3.8, 4) is 0 Å². The highest BCUT2D eigenvalue weighted by atomic mass is 35.5. The number of halogens is 1. The molecule has 0 saturated heterocycles. The van der Waals surface area contributed by atoms with Crippen molar-refractivity contribution >= 4 is 22.5 Å². The van der Waals surface area contributed by atoms with Gasteiger partial charge in [-0.3, -0.25) is 9.36 Å². The van der Waals surface area contributed by atoms with Gasteiger partial charge in [0.1, 0.15) is 5.82 Å². The standard InChI is InChI=1S/C15H19ClN2O/c1-4-10(3)18-14(12(16)5-2)17-13-9-7-6-8-11(13)15(18)19/h6-10,12H,4-5H2,1-3H3. The number of fused-ring (bicyclic) bond motifs is 1. The first-order valence-electron chi connectivity index (χ1n) is 6.75. The molecule has 4 heteroatoms. The molecule has 0 aliphatic rings. The summed E-state index contributed by atoms with van der Waals surface area (Å²) in [4.78, 5) is 17.2. The molecule has 0 saturated carbocycles. The molecule has 0 N–H and O–H groups in total. The van der Waals surface area contributed by atoms with Crippen LogP contribution in [0.25, 0.3) is 10.9 Å². The Bertz CT molecular complexity index is 636. The van der Waals surface area contributed by atoms with Crippen LogP contribution in [-0.2, 0) is 0 Å². The van der Waals surface area contributed by atoms with Gasteiger partial charge in [-0.1, -0.05) is 26.0 Å². The summed E-state index contributed by atoms with van der Waals surface area (Å²) in [5.74, 6) is 0.683. The predicted molar refractivity (Wildman–Crippen MR) is 79.9 cm³/mol. The number of para-hydroxylation sites is 1. The van der Waals surface area contributed by atoms with E-state index in [1.165, 1.54) is 0 Å². The van der Waals surface area contributed by atoms with Crippen molar-refractivity contribution in [2.24, 2.45) is 0 Å². The van der Waals surface area contributed by atoms with Gasteiger partial charge in [0.05, 0.1) is 16.3 Å². The summed E-state index contributed by atoms with van der Waals surface area (Å²) < 4.78 is 1.75. The predicted octanol–water partition coefficient (Wildman–Crippen LogP) is 4.06. The Balaban J connectivity index is 2.80. The SMILES string of the molecule is CCC(Cl)c1nc2ccccc2c(=O)n1C(C)CC. The van der Waals surface area contributed by atoms with Gasteiger partial charge in [-0.05, 0) is 31.9 Å². The summed E-state index contributed by atoms with van der Waals surface area (Å²) in [5.41, 5.74) is 0.732. The summed E-state index contributed by atoms with van der Waals surface area (Å²) in [5, 5.41) is 0.429. The highest BCUT2D eigenvalue weighted by Crippen LogP contribution is 2.25. The van der Waals surface area contributed by atoms with Crippen molar-refractivity contribution in [1.29, 1.82) is 0 Å². The van der Waals surface area contributed by atoms with Crippen molar-refractivity contribution in [2.75, 3.05) is 0 Å². The van der Waals surface area contributed by atoms with E-state index >= 15 is 0 Å². The van der Waals surface area contributed by atoms with Gasteiger partial charge in [0.15, 0.2) is 0 Å². The minimum absolute atomic E-state index is 0.00838. The molecule has 2 unspecified atom stereocenters. The number of aromatic nitrogens is 2. The molecule has 0 spiro atoms. The fourth-order valence-electron chi connectivity index (χ4n) is 2.18. The zero-order chi connectivity index (χ0) is 14.0. The molecule has 102 valence electrons. The molecule has 0 radical (unpaired) electrons. The smallest absolute Gasteiger partial charge is 0.261 e. The van der Waals surface area contributed by atoms with Crippen molar-refractivity contribution < 1.29 is 0 Å². The summed E-state index contributed by atoms with van der Waals surface area (Å²) >= 11 is 6.35. The Morgan fingerprint density at radius 2 is 1.95 bits per heavy atom. The quantitative estimate of drug-likeness (QED) is 0.791. The molecule has 1 aromatic carbocycles. The van der Waals surface area contributed by atoms with E-state index in [0.717, 1.165) is 18.4 Å². The molecule has 1 heterocycles. The molecule has 0 fully saturated rings. The number of rotatable bonds is 4. The number of alkyl halides is 1. The normalized spacial score (nSPS) is 14.5. The maximum Gasteiger partial charge on any atom is 0.261 e. The Morgan fingerprint density at radius 1 is 1.26 bits per heavy atom. The first-order valence-corrected chi connectivity index (χ1v) is 7.19. The van der Waals surface area contributed by atoms with E-state index in [1.807, 2.05) is 38.1 Å². The molecular formula is C15H19ClN2O. The fourth-order valence-corrected chi connectivity index (χ4v) is 2.33. The van der Waals surface area contributed by atoms with Crippen molar-refractivity contribution in [1.82, 2.24) is 9.55 Å². The molecule has 0 aliphatic carbocycles. The molecular weight excluding hydrogens is 260 g/mol. The molecule has 2 rings (SSSR count). The Labute approximate surface area is 118 Å².